The molecule has 0 aliphatic heterocycles. The molecular formula is C10H16Cl3F. The number of hydrogen-bond acceptors (Lipinski definition) is 0. The maximum atomic E-state index is 14.0. The Balaban J connectivity index is 2.89. The average molecular weight is 262 g/mol. The zero-order valence-electron chi connectivity index (χ0n) is 8.66. The molecule has 0 aromatic rings. The van der Waals surface area contributed by atoms with Crippen LogP contribution < -0.4 is 0 Å². The summed E-state index contributed by atoms with van der Waals surface area (Å²) in [7, 11) is 0. The standard InChI is InChI=1S/C10H16Cl3F/c1-6(2)7-4-5-9(3,11)10(12,13)8(7)14/h6-8H,4-5H2,1-3H3. The molecule has 1 aliphatic carbocycles. The van der Waals surface area contributed by atoms with Gasteiger partial charge < -0.3 is 0 Å². The van der Waals surface area contributed by atoms with E-state index in [-0.39, 0.29) is 11.8 Å². The van der Waals surface area contributed by atoms with Crippen LogP contribution in [-0.2, 0) is 0 Å². The summed E-state index contributed by atoms with van der Waals surface area (Å²) < 4.78 is 12.6. The zero-order chi connectivity index (χ0) is 11.1. The number of hydrogen-bond donors (Lipinski definition) is 0. The third kappa shape index (κ3) is 2.01. The molecule has 0 heterocycles. The molecule has 84 valence electrons. The fraction of sp³-hybridized carbons (Fsp3) is 1.00. The molecule has 0 spiro atoms. The summed E-state index contributed by atoms with van der Waals surface area (Å²) >= 11 is 18.1. The van der Waals surface area contributed by atoms with Crippen LogP contribution >= 0.6 is 34.8 Å². The number of alkyl halides is 4. The van der Waals surface area contributed by atoms with Crippen molar-refractivity contribution in [1.82, 2.24) is 0 Å². The minimum absolute atomic E-state index is 0.0863. The average Bonchev–Trinajstić information content (AvgIpc) is 2.00. The predicted octanol–water partition coefficient (Wildman–Crippen LogP) is 4.56. The Bertz CT molecular complexity index is 213. The number of halogens is 4. The summed E-state index contributed by atoms with van der Waals surface area (Å²) in [5.41, 5.74) is 0. The fourth-order valence-electron chi connectivity index (χ4n) is 1.98. The van der Waals surface area contributed by atoms with Gasteiger partial charge in [0.1, 0.15) is 6.17 Å². The van der Waals surface area contributed by atoms with E-state index in [1.807, 2.05) is 13.8 Å². The van der Waals surface area contributed by atoms with Gasteiger partial charge >= 0.3 is 0 Å². The first-order chi connectivity index (χ1) is 6.20. The van der Waals surface area contributed by atoms with Gasteiger partial charge in [0.25, 0.3) is 0 Å². The maximum absolute atomic E-state index is 14.0. The molecule has 0 N–H and O–H groups in total. The van der Waals surface area contributed by atoms with Crippen molar-refractivity contribution in [2.45, 2.75) is 49.0 Å². The van der Waals surface area contributed by atoms with Crippen LogP contribution in [0.2, 0.25) is 0 Å². The Hall–Kier alpha value is 0.800. The first-order valence-electron chi connectivity index (χ1n) is 4.91. The van der Waals surface area contributed by atoms with E-state index in [2.05, 4.69) is 0 Å². The molecule has 1 fully saturated rings. The minimum atomic E-state index is -1.47. The first-order valence-corrected chi connectivity index (χ1v) is 6.04. The van der Waals surface area contributed by atoms with Crippen molar-refractivity contribution in [3.8, 4) is 0 Å². The topological polar surface area (TPSA) is 0 Å². The molecule has 0 radical (unpaired) electrons. The van der Waals surface area contributed by atoms with Gasteiger partial charge in [0.2, 0.25) is 0 Å². The molecule has 1 aliphatic rings. The Labute approximate surface area is 100 Å². The summed E-state index contributed by atoms with van der Waals surface area (Å²) in [6.07, 6.45) is 0.160. The van der Waals surface area contributed by atoms with Crippen molar-refractivity contribution in [1.29, 1.82) is 0 Å². The van der Waals surface area contributed by atoms with E-state index in [0.717, 1.165) is 6.42 Å². The molecule has 4 heteroatoms. The molecule has 0 aromatic carbocycles. The number of rotatable bonds is 1. The molecule has 0 nitrogen and oxygen atoms in total. The van der Waals surface area contributed by atoms with Crippen molar-refractivity contribution in [2.24, 2.45) is 11.8 Å². The lowest BCUT2D eigenvalue weighted by molar-refractivity contribution is 0.0977. The van der Waals surface area contributed by atoms with Gasteiger partial charge in [-0.15, -0.1) is 11.6 Å². The van der Waals surface area contributed by atoms with Crippen molar-refractivity contribution in [2.75, 3.05) is 0 Å². The van der Waals surface area contributed by atoms with E-state index in [4.69, 9.17) is 34.8 Å². The first kappa shape index (κ1) is 12.9. The smallest absolute Gasteiger partial charge is 0.168 e. The molecule has 3 unspecified atom stereocenters. The molecule has 0 aromatic heterocycles. The highest BCUT2D eigenvalue weighted by molar-refractivity contribution is 6.54. The molecule has 0 amide bonds. The monoisotopic (exact) mass is 260 g/mol. The third-order valence-corrected chi connectivity index (χ3v) is 5.15. The van der Waals surface area contributed by atoms with Gasteiger partial charge in [-0.1, -0.05) is 37.0 Å². The fourth-order valence-corrected chi connectivity index (χ4v) is 2.70. The summed E-state index contributed by atoms with van der Waals surface area (Å²) in [5.74, 6) is 0.159. The van der Waals surface area contributed by atoms with Crippen LogP contribution in [0.25, 0.3) is 0 Å². The van der Waals surface area contributed by atoms with Gasteiger partial charge in [-0.05, 0) is 31.6 Å². The summed E-state index contributed by atoms with van der Waals surface area (Å²) in [5, 5.41) is 0. The molecule has 1 rings (SSSR count). The van der Waals surface area contributed by atoms with Crippen LogP contribution in [-0.4, -0.2) is 15.4 Å². The SMILES string of the molecule is CC(C)C1CCC(C)(Cl)C(Cl)(Cl)C1F. The predicted molar refractivity (Wildman–Crippen MR) is 61.2 cm³/mol. The van der Waals surface area contributed by atoms with E-state index < -0.39 is 15.4 Å². The summed E-state index contributed by atoms with van der Waals surface area (Å²) in [6.45, 7) is 5.67. The highest BCUT2D eigenvalue weighted by atomic mass is 35.5. The second-order valence-corrected chi connectivity index (χ2v) is 6.89. The van der Waals surface area contributed by atoms with Crippen LogP contribution in [0.15, 0.2) is 0 Å². The molecule has 0 saturated heterocycles. The van der Waals surface area contributed by atoms with Crippen LogP contribution in [0, 0.1) is 11.8 Å². The molecule has 3 atom stereocenters. The highest BCUT2D eigenvalue weighted by Crippen LogP contribution is 2.53. The largest absolute Gasteiger partial charge is 0.244 e. The third-order valence-electron chi connectivity index (χ3n) is 3.22. The van der Waals surface area contributed by atoms with Crippen molar-refractivity contribution in [3.05, 3.63) is 0 Å². The minimum Gasteiger partial charge on any atom is -0.244 e. The highest BCUT2D eigenvalue weighted by Gasteiger charge is 2.57. The Kier molecular flexibility index (Phi) is 3.67. The van der Waals surface area contributed by atoms with Crippen molar-refractivity contribution < 1.29 is 4.39 Å². The lowest BCUT2D eigenvalue weighted by Gasteiger charge is -2.46. The summed E-state index contributed by atoms with van der Waals surface area (Å²) in [6, 6.07) is 0. The van der Waals surface area contributed by atoms with E-state index >= 15 is 0 Å². The van der Waals surface area contributed by atoms with Crippen molar-refractivity contribution in [3.63, 3.8) is 0 Å². The second-order valence-electron chi connectivity index (χ2n) is 4.67. The summed E-state index contributed by atoms with van der Waals surface area (Å²) in [4.78, 5) is -0.860. The maximum Gasteiger partial charge on any atom is 0.168 e. The van der Waals surface area contributed by atoms with Crippen LogP contribution in [0.5, 0.6) is 0 Å². The van der Waals surface area contributed by atoms with E-state index in [1.165, 1.54) is 0 Å². The van der Waals surface area contributed by atoms with E-state index in [0.29, 0.717) is 6.42 Å². The van der Waals surface area contributed by atoms with Crippen molar-refractivity contribution >= 4 is 34.8 Å². The quantitative estimate of drug-likeness (QED) is 0.607. The van der Waals surface area contributed by atoms with Gasteiger partial charge in [-0.25, -0.2) is 4.39 Å². The van der Waals surface area contributed by atoms with E-state index in [9.17, 15) is 4.39 Å². The van der Waals surface area contributed by atoms with Crippen LogP contribution in [0.3, 0.4) is 0 Å². The Morgan fingerprint density at radius 2 is 1.79 bits per heavy atom. The zero-order valence-corrected chi connectivity index (χ0v) is 10.9. The second kappa shape index (κ2) is 3.99. The molecule has 0 bridgehead atoms. The molecule has 1 saturated carbocycles. The van der Waals surface area contributed by atoms with Gasteiger partial charge in [0.05, 0.1) is 4.87 Å². The van der Waals surface area contributed by atoms with Gasteiger partial charge in [-0.2, -0.15) is 0 Å². The lowest BCUT2D eigenvalue weighted by Crippen LogP contribution is -2.54. The Morgan fingerprint density at radius 3 is 2.21 bits per heavy atom. The van der Waals surface area contributed by atoms with Crippen LogP contribution in [0.4, 0.5) is 4.39 Å². The normalized spacial score (nSPS) is 42.9. The molecule has 14 heavy (non-hydrogen) atoms. The Morgan fingerprint density at radius 1 is 1.29 bits per heavy atom. The van der Waals surface area contributed by atoms with E-state index in [1.54, 1.807) is 6.92 Å². The molecular weight excluding hydrogens is 245 g/mol. The van der Waals surface area contributed by atoms with Gasteiger partial charge in [0.15, 0.2) is 4.33 Å². The van der Waals surface area contributed by atoms with Crippen LogP contribution in [0.1, 0.15) is 33.6 Å². The van der Waals surface area contributed by atoms with Gasteiger partial charge in [-0.3, -0.25) is 0 Å². The van der Waals surface area contributed by atoms with Gasteiger partial charge in [0, 0.05) is 0 Å². The lowest BCUT2D eigenvalue weighted by atomic mass is 9.75.